The summed E-state index contributed by atoms with van der Waals surface area (Å²) in [6, 6.07) is -0.932. The maximum atomic E-state index is 12.1. The van der Waals surface area contributed by atoms with E-state index in [0.717, 1.165) is 32.5 Å². The molecule has 0 aromatic heterocycles. The van der Waals surface area contributed by atoms with E-state index >= 15 is 0 Å². The summed E-state index contributed by atoms with van der Waals surface area (Å²) < 4.78 is 5.27. The Morgan fingerprint density at radius 1 is 1.32 bits per heavy atom. The number of carbonyl (C=O) groups is 2. The zero-order valence-electron chi connectivity index (χ0n) is 11.3. The molecule has 2 unspecified atom stereocenters. The number of urea groups is 1. The molecule has 6 heteroatoms. The number of rotatable bonds is 3. The molecule has 0 aromatic carbocycles. The summed E-state index contributed by atoms with van der Waals surface area (Å²) in [7, 11) is 0. The summed E-state index contributed by atoms with van der Waals surface area (Å²) in [4.78, 5) is 24.7. The van der Waals surface area contributed by atoms with Gasteiger partial charge in [0.1, 0.15) is 6.04 Å². The van der Waals surface area contributed by atoms with Crippen LogP contribution < -0.4 is 5.32 Å². The maximum Gasteiger partial charge on any atom is 0.326 e. The number of nitrogens with zero attached hydrogens (tertiary/aromatic N) is 1. The highest BCUT2D eigenvalue weighted by atomic mass is 16.5. The number of carboxylic acid groups (broad SMARTS) is 1. The molecule has 2 N–H and O–H groups in total. The minimum atomic E-state index is -0.911. The van der Waals surface area contributed by atoms with Crippen LogP contribution in [0, 0.1) is 11.8 Å². The van der Waals surface area contributed by atoms with Crippen LogP contribution in [0.1, 0.15) is 26.2 Å². The summed E-state index contributed by atoms with van der Waals surface area (Å²) in [5.41, 5.74) is 0. The van der Waals surface area contributed by atoms with Crippen LogP contribution in [0.2, 0.25) is 0 Å². The SMILES string of the molecule is CC1CCN(C(=O)NCC2CCOCC2)C1C(=O)O. The molecule has 2 heterocycles. The van der Waals surface area contributed by atoms with Gasteiger partial charge in [-0.25, -0.2) is 9.59 Å². The first kappa shape index (κ1) is 14.1. The van der Waals surface area contributed by atoms with Gasteiger partial charge in [-0.05, 0) is 31.1 Å². The molecule has 2 saturated heterocycles. The highest BCUT2D eigenvalue weighted by Gasteiger charge is 2.39. The van der Waals surface area contributed by atoms with Crippen LogP contribution >= 0.6 is 0 Å². The van der Waals surface area contributed by atoms with E-state index in [9.17, 15) is 14.7 Å². The Bertz CT molecular complexity index is 342. The number of ether oxygens (including phenoxy) is 1. The smallest absolute Gasteiger partial charge is 0.326 e. The molecule has 2 amide bonds. The fourth-order valence-corrected chi connectivity index (χ4v) is 2.84. The number of nitrogens with one attached hydrogen (secondary N) is 1. The van der Waals surface area contributed by atoms with Gasteiger partial charge in [-0.2, -0.15) is 0 Å². The van der Waals surface area contributed by atoms with Gasteiger partial charge in [0.05, 0.1) is 0 Å². The van der Waals surface area contributed by atoms with Crippen LogP contribution in [0.15, 0.2) is 0 Å². The second-order valence-corrected chi connectivity index (χ2v) is 5.48. The minimum Gasteiger partial charge on any atom is -0.480 e. The highest BCUT2D eigenvalue weighted by Crippen LogP contribution is 2.24. The van der Waals surface area contributed by atoms with Crippen molar-refractivity contribution >= 4 is 12.0 Å². The van der Waals surface area contributed by atoms with Crippen molar-refractivity contribution in [3.05, 3.63) is 0 Å². The molecule has 0 radical (unpaired) electrons. The van der Waals surface area contributed by atoms with Crippen molar-refractivity contribution in [2.75, 3.05) is 26.3 Å². The van der Waals surface area contributed by atoms with E-state index < -0.39 is 12.0 Å². The summed E-state index contributed by atoms with van der Waals surface area (Å²) in [6.07, 6.45) is 2.67. The maximum absolute atomic E-state index is 12.1. The predicted molar refractivity (Wildman–Crippen MR) is 68.9 cm³/mol. The van der Waals surface area contributed by atoms with Crippen LogP contribution in [0.3, 0.4) is 0 Å². The predicted octanol–water partition coefficient (Wildman–Crippen LogP) is 0.918. The zero-order valence-corrected chi connectivity index (χ0v) is 11.3. The Labute approximate surface area is 113 Å². The topological polar surface area (TPSA) is 78.9 Å². The number of aliphatic carboxylic acids is 1. The molecule has 19 heavy (non-hydrogen) atoms. The van der Waals surface area contributed by atoms with Gasteiger partial charge in [0.25, 0.3) is 0 Å². The molecule has 2 atom stereocenters. The summed E-state index contributed by atoms with van der Waals surface area (Å²) >= 11 is 0. The molecule has 0 aliphatic carbocycles. The molecule has 2 aliphatic rings. The highest BCUT2D eigenvalue weighted by molar-refractivity contribution is 5.83. The zero-order chi connectivity index (χ0) is 13.8. The van der Waals surface area contributed by atoms with Crippen molar-refractivity contribution < 1.29 is 19.4 Å². The van der Waals surface area contributed by atoms with E-state index in [0.29, 0.717) is 19.0 Å². The molecule has 6 nitrogen and oxygen atoms in total. The second-order valence-electron chi connectivity index (χ2n) is 5.48. The molecular formula is C13H22N2O4. The number of amides is 2. The van der Waals surface area contributed by atoms with E-state index in [2.05, 4.69) is 5.32 Å². The average Bonchev–Trinajstić information content (AvgIpc) is 2.79. The Morgan fingerprint density at radius 3 is 2.63 bits per heavy atom. The van der Waals surface area contributed by atoms with E-state index in [4.69, 9.17) is 4.74 Å². The lowest BCUT2D eigenvalue weighted by Crippen LogP contribution is -2.48. The van der Waals surface area contributed by atoms with Gasteiger partial charge < -0.3 is 20.1 Å². The van der Waals surface area contributed by atoms with Gasteiger partial charge in [-0.1, -0.05) is 6.92 Å². The van der Waals surface area contributed by atoms with Crippen LogP contribution in [-0.2, 0) is 9.53 Å². The fourth-order valence-electron chi connectivity index (χ4n) is 2.84. The van der Waals surface area contributed by atoms with E-state index in [-0.39, 0.29) is 11.9 Å². The molecule has 2 rings (SSSR count). The van der Waals surface area contributed by atoms with Crippen molar-refractivity contribution in [3.8, 4) is 0 Å². The van der Waals surface area contributed by atoms with Gasteiger partial charge >= 0.3 is 12.0 Å². The molecule has 2 aliphatic heterocycles. The fraction of sp³-hybridized carbons (Fsp3) is 0.846. The van der Waals surface area contributed by atoms with Crippen molar-refractivity contribution in [3.63, 3.8) is 0 Å². The Balaban J connectivity index is 1.83. The quantitative estimate of drug-likeness (QED) is 0.799. The number of carboxylic acids is 1. The molecular weight excluding hydrogens is 248 g/mol. The van der Waals surface area contributed by atoms with Gasteiger partial charge in [-0.3, -0.25) is 0 Å². The van der Waals surface area contributed by atoms with Crippen LogP contribution in [0.4, 0.5) is 4.79 Å². The van der Waals surface area contributed by atoms with E-state index in [1.807, 2.05) is 6.92 Å². The minimum absolute atomic E-state index is 0.0198. The number of carbonyl (C=O) groups excluding carboxylic acids is 1. The van der Waals surface area contributed by atoms with Crippen LogP contribution in [-0.4, -0.2) is 54.4 Å². The van der Waals surface area contributed by atoms with E-state index in [1.165, 1.54) is 4.90 Å². The van der Waals surface area contributed by atoms with E-state index in [1.54, 1.807) is 0 Å². The molecule has 2 fully saturated rings. The second kappa shape index (κ2) is 6.23. The number of hydrogen-bond donors (Lipinski definition) is 2. The Hall–Kier alpha value is -1.30. The summed E-state index contributed by atoms with van der Waals surface area (Å²) in [5.74, 6) is -0.446. The molecule has 0 bridgehead atoms. The normalized spacial score (nSPS) is 28.4. The van der Waals surface area contributed by atoms with Crippen molar-refractivity contribution in [2.24, 2.45) is 11.8 Å². The standard InChI is InChI=1S/C13H22N2O4/c1-9-2-5-15(11(9)12(16)17)13(18)14-8-10-3-6-19-7-4-10/h9-11H,2-8H2,1H3,(H,14,18)(H,16,17). The lowest BCUT2D eigenvalue weighted by molar-refractivity contribution is -0.142. The third-order valence-electron chi connectivity index (χ3n) is 4.10. The monoisotopic (exact) mass is 270 g/mol. The molecule has 0 spiro atoms. The first-order chi connectivity index (χ1) is 9.09. The van der Waals surface area contributed by atoms with Crippen LogP contribution in [0.5, 0.6) is 0 Å². The van der Waals surface area contributed by atoms with Crippen molar-refractivity contribution in [1.29, 1.82) is 0 Å². The Morgan fingerprint density at radius 2 is 2.00 bits per heavy atom. The summed E-state index contributed by atoms with van der Waals surface area (Å²) in [6.45, 7) is 4.51. The lowest BCUT2D eigenvalue weighted by atomic mass is 10.0. The molecule has 0 aromatic rings. The molecule has 0 saturated carbocycles. The number of likely N-dealkylation sites (tertiary alicyclic amines) is 1. The summed E-state index contributed by atoms with van der Waals surface area (Å²) in [5, 5.41) is 12.0. The average molecular weight is 270 g/mol. The largest absolute Gasteiger partial charge is 0.480 e. The first-order valence-corrected chi connectivity index (χ1v) is 6.94. The van der Waals surface area contributed by atoms with Gasteiger partial charge in [-0.15, -0.1) is 0 Å². The third kappa shape index (κ3) is 3.37. The van der Waals surface area contributed by atoms with Crippen molar-refractivity contribution in [2.45, 2.75) is 32.2 Å². The van der Waals surface area contributed by atoms with Crippen molar-refractivity contribution in [1.82, 2.24) is 10.2 Å². The number of hydrogen-bond acceptors (Lipinski definition) is 3. The third-order valence-corrected chi connectivity index (χ3v) is 4.10. The van der Waals surface area contributed by atoms with Crippen LogP contribution in [0.25, 0.3) is 0 Å². The Kier molecular flexibility index (Phi) is 4.63. The first-order valence-electron chi connectivity index (χ1n) is 6.94. The van der Waals surface area contributed by atoms with Gasteiger partial charge in [0, 0.05) is 26.3 Å². The molecule has 108 valence electrons. The lowest BCUT2D eigenvalue weighted by Gasteiger charge is -2.26. The van der Waals surface area contributed by atoms with Gasteiger partial charge in [0.15, 0.2) is 0 Å². The van der Waals surface area contributed by atoms with Gasteiger partial charge in [0.2, 0.25) is 0 Å².